The van der Waals surface area contributed by atoms with Gasteiger partial charge in [-0.05, 0) is 53.9 Å². The van der Waals surface area contributed by atoms with Crippen molar-refractivity contribution >= 4 is 27.3 Å². The summed E-state index contributed by atoms with van der Waals surface area (Å²) in [6.45, 7) is 1.87. The summed E-state index contributed by atoms with van der Waals surface area (Å²) < 4.78 is 41.7. The molecule has 0 saturated heterocycles. The van der Waals surface area contributed by atoms with E-state index in [4.69, 9.17) is 0 Å². The van der Waals surface area contributed by atoms with Gasteiger partial charge in [0.25, 0.3) is 0 Å². The molecule has 1 N–H and O–H groups in total. The van der Waals surface area contributed by atoms with Crippen molar-refractivity contribution in [2.24, 2.45) is 0 Å². The van der Waals surface area contributed by atoms with Gasteiger partial charge in [0.1, 0.15) is 6.61 Å². The Labute approximate surface area is 129 Å². The molecule has 1 aromatic rings. The van der Waals surface area contributed by atoms with Gasteiger partial charge in [0.05, 0.1) is 3.79 Å². The van der Waals surface area contributed by atoms with Gasteiger partial charge in [-0.15, -0.1) is 11.3 Å². The predicted molar refractivity (Wildman–Crippen MR) is 79.3 cm³/mol. The number of nitrogens with one attached hydrogen (secondary N) is 1. The molecule has 1 heterocycles. The molecule has 1 aromatic heterocycles. The second-order valence-electron chi connectivity index (χ2n) is 4.52. The first-order valence-electron chi connectivity index (χ1n) is 6.53. The summed E-state index contributed by atoms with van der Waals surface area (Å²) in [5.41, 5.74) is 0. The smallest absolute Gasteiger partial charge is 0.372 e. The zero-order valence-electron chi connectivity index (χ0n) is 11.3. The zero-order valence-corrected chi connectivity index (χ0v) is 13.7. The van der Waals surface area contributed by atoms with E-state index in [0.29, 0.717) is 6.42 Å². The van der Waals surface area contributed by atoms with E-state index in [0.717, 1.165) is 23.2 Å². The average Bonchev–Trinajstić information content (AvgIpc) is 2.75. The van der Waals surface area contributed by atoms with Crippen molar-refractivity contribution in [3.8, 4) is 0 Å². The fourth-order valence-corrected chi connectivity index (χ4v) is 3.31. The topological polar surface area (TPSA) is 21.3 Å². The van der Waals surface area contributed by atoms with Crippen molar-refractivity contribution in [3.05, 3.63) is 20.8 Å². The lowest BCUT2D eigenvalue weighted by molar-refractivity contribution is -0.174. The third-order valence-electron chi connectivity index (χ3n) is 2.64. The standard InChI is InChI=1S/C13H19BrF3NOS/c1-2-6-18-10(5-7-19-9-13(15,16)17)8-11-3-4-12(14)20-11/h3-4,10,18H,2,5-9H2,1H3. The van der Waals surface area contributed by atoms with E-state index in [9.17, 15) is 13.2 Å². The summed E-state index contributed by atoms with van der Waals surface area (Å²) in [5.74, 6) is 0. The van der Waals surface area contributed by atoms with Crippen LogP contribution in [-0.4, -0.2) is 32.0 Å². The van der Waals surface area contributed by atoms with Gasteiger partial charge in [-0.25, -0.2) is 0 Å². The molecule has 0 bridgehead atoms. The Bertz CT molecular complexity index is 384. The van der Waals surface area contributed by atoms with Crippen LogP contribution in [0.15, 0.2) is 15.9 Å². The molecule has 7 heteroatoms. The van der Waals surface area contributed by atoms with Crippen LogP contribution in [0.5, 0.6) is 0 Å². The molecule has 20 heavy (non-hydrogen) atoms. The monoisotopic (exact) mass is 373 g/mol. The molecule has 2 nitrogen and oxygen atoms in total. The Morgan fingerprint density at radius 2 is 2.15 bits per heavy atom. The van der Waals surface area contributed by atoms with Crippen LogP contribution in [0, 0.1) is 0 Å². The van der Waals surface area contributed by atoms with Crippen molar-refractivity contribution in [2.45, 2.75) is 38.4 Å². The molecule has 1 unspecified atom stereocenters. The normalized spacial score (nSPS) is 13.7. The number of ether oxygens (including phenoxy) is 1. The van der Waals surface area contributed by atoms with Crippen LogP contribution in [0.4, 0.5) is 13.2 Å². The highest BCUT2D eigenvalue weighted by molar-refractivity contribution is 9.11. The molecule has 1 atom stereocenters. The van der Waals surface area contributed by atoms with Crippen LogP contribution in [0.25, 0.3) is 0 Å². The average molecular weight is 374 g/mol. The Kier molecular flexibility index (Phi) is 8.09. The Balaban J connectivity index is 2.35. The molecule has 0 aromatic carbocycles. The summed E-state index contributed by atoms with van der Waals surface area (Å²) in [6.07, 6.45) is -1.86. The molecule has 0 radical (unpaired) electrons. The van der Waals surface area contributed by atoms with E-state index >= 15 is 0 Å². The van der Waals surface area contributed by atoms with Gasteiger partial charge in [-0.1, -0.05) is 6.92 Å². The lowest BCUT2D eigenvalue weighted by Gasteiger charge is -2.18. The maximum absolute atomic E-state index is 12.0. The Morgan fingerprint density at radius 1 is 1.40 bits per heavy atom. The molecule has 0 saturated carbocycles. The maximum atomic E-state index is 12.0. The van der Waals surface area contributed by atoms with Gasteiger partial charge in [-0.3, -0.25) is 0 Å². The van der Waals surface area contributed by atoms with Gasteiger partial charge in [0, 0.05) is 17.5 Å². The van der Waals surface area contributed by atoms with E-state index in [1.54, 1.807) is 11.3 Å². The minimum absolute atomic E-state index is 0.118. The molecule has 0 aliphatic heterocycles. The molecule has 0 amide bonds. The van der Waals surface area contributed by atoms with E-state index < -0.39 is 12.8 Å². The summed E-state index contributed by atoms with van der Waals surface area (Å²) in [4.78, 5) is 1.21. The van der Waals surface area contributed by atoms with Crippen LogP contribution < -0.4 is 5.32 Å². The van der Waals surface area contributed by atoms with Crippen molar-refractivity contribution < 1.29 is 17.9 Å². The second-order valence-corrected chi connectivity index (χ2v) is 7.06. The van der Waals surface area contributed by atoms with Crippen LogP contribution in [-0.2, 0) is 11.2 Å². The summed E-state index contributed by atoms with van der Waals surface area (Å²) >= 11 is 5.06. The van der Waals surface area contributed by atoms with Crippen molar-refractivity contribution in [1.82, 2.24) is 5.32 Å². The number of thiophene rings is 1. The molecular formula is C13H19BrF3NOS. The first kappa shape index (κ1) is 17.9. The van der Waals surface area contributed by atoms with Crippen molar-refractivity contribution in [1.29, 1.82) is 0 Å². The fraction of sp³-hybridized carbons (Fsp3) is 0.692. The molecular weight excluding hydrogens is 355 g/mol. The van der Waals surface area contributed by atoms with Gasteiger partial charge >= 0.3 is 6.18 Å². The first-order chi connectivity index (χ1) is 9.40. The largest absolute Gasteiger partial charge is 0.411 e. The third-order valence-corrected chi connectivity index (χ3v) is 4.28. The molecule has 0 spiro atoms. The Morgan fingerprint density at radius 3 is 2.70 bits per heavy atom. The first-order valence-corrected chi connectivity index (χ1v) is 8.13. The zero-order chi connectivity index (χ0) is 15.0. The summed E-state index contributed by atoms with van der Waals surface area (Å²) in [5, 5.41) is 3.35. The van der Waals surface area contributed by atoms with E-state index in [2.05, 4.69) is 32.9 Å². The van der Waals surface area contributed by atoms with Gasteiger partial charge in [-0.2, -0.15) is 13.2 Å². The van der Waals surface area contributed by atoms with Crippen LogP contribution in [0.3, 0.4) is 0 Å². The van der Waals surface area contributed by atoms with E-state index in [1.165, 1.54) is 4.88 Å². The van der Waals surface area contributed by atoms with Crippen LogP contribution in [0.1, 0.15) is 24.6 Å². The van der Waals surface area contributed by atoms with Gasteiger partial charge in [0.15, 0.2) is 0 Å². The summed E-state index contributed by atoms with van der Waals surface area (Å²) in [7, 11) is 0. The molecule has 0 fully saturated rings. The van der Waals surface area contributed by atoms with E-state index in [1.807, 2.05) is 12.1 Å². The number of rotatable bonds is 9. The number of hydrogen-bond acceptors (Lipinski definition) is 3. The summed E-state index contributed by atoms with van der Waals surface area (Å²) in [6, 6.07) is 4.16. The van der Waals surface area contributed by atoms with Crippen LogP contribution in [0.2, 0.25) is 0 Å². The van der Waals surface area contributed by atoms with Gasteiger partial charge in [0.2, 0.25) is 0 Å². The third kappa shape index (κ3) is 8.24. The molecule has 116 valence electrons. The maximum Gasteiger partial charge on any atom is 0.411 e. The molecule has 0 aliphatic rings. The lowest BCUT2D eigenvalue weighted by Crippen LogP contribution is -2.33. The number of alkyl halides is 3. The van der Waals surface area contributed by atoms with E-state index in [-0.39, 0.29) is 12.6 Å². The molecule has 1 rings (SSSR count). The van der Waals surface area contributed by atoms with Gasteiger partial charge < -0.3 is 10.1 Å². The second kappa shape index (κ2) is 9.02. The van der Waals surface area contributed by atoms with Crippen molar-refractivity contribution in [2.75, 3.05) is 19.8 Å². The Hall–Kier alpha value is -0.110. The quantitative estimate of drug-likeness (QED) is 0.648. The van der Waals surface area contributed by atoms with Crippen molar-refractivity contribution in [3.63, 3.8) is 0 Å². The molecule has 0 aliphatic carbocycles. The highest BCUT2D eigenvalue weighted by Gasteiger charge is 2.27. The highest BCUT2D eigenvalue weighted by atomic mass is 79.9. The number of hydrogen-bond donors (Lipinski definition) is 1. The minimum atomic E-state index is -4.25. The minimum Gasteiger partial charge on any atom is -0.372 e. The van der Waals surface area contributed by atoms with Crippen LogP contribution >= 0.6 is 27.3 Å². The number of halogens is 4. The predicted octanol–water partition coefficient (Wildman–Crippen LogP) is 4.39. The fourth-order valence-electron chi connectivity index (χ4n) is 1.74. The SMILES string of the molecule is CCCNC(CCOCC(F)(F)F)Cc1ccc(Br)s1. The lowest BCUT2D eigenvalue weighted by atomic mass is 10.1. The highest BCUT2D eigenvalue weighted by Crippen LogP contribution is 2.23.